The lowest BCUT2D eigenvalue weighted by atomic mass is 9.99. The second-order valence-corrected chi connectivity index (χ2v) is 4.92. The van der Waals surface area contributed by atoms with Crippen molar-refractivity contribution in [2.75, 3.05) is 7.11 Å². The number of methoxy groups -OCH3 is 1. The van der Waals surface area contributed by atoms with Gasteiger partial charge in [0.2, 0.25) is 0 Å². The van der Waals surface area contributed by atoms with Crippen LogP contribution in [0.5, 0.6) is 5.75 Å². The Hall–Kier alpha value is -2.88. The van der Waals surface area contributed by atoms with Gasteiger partial charge in [-0.2, -0.15) is 0 Å². The maximum absolute atomic E-state index is 12.7. The summed E-state index contributed by atoms with van der Waals surface area (Å²) in [5.74, 6) is 0.384. The summed E-state index contributed by atoms with van der Waals surface area (Å²) in [7, 11) is 1.52. The van der Waals surface area contributed by atoms with Gasteiger partial charge in [-0.25, -0.2) is 0 Å². The number of hydrogen-bond acceptors (Lipinski definition) is 4. The van der Waals surface area contributed by atoms with E-state index >= 15 is 0 Å². The van der Waals surface area contributed by atoms with Crippen molar-refractivity contribution in [3.8, 4) is 5.75 Å². The molecule has 1 aromatic heterocycles. The van der Waals surface area contributed by atoms with Crippen LogP contribution in [0.3, 0.4) is 0 Å². The van der Waals surface area contributed by atoms with Crippen LogP contribution in [0.4, 0.5) is 0 Å². The normalized spacial score (nSPS) is 10.6. The molecule has 0 saturated heterocycles. The molecule has 0 aliphatic carbocycles. The Labute approximate surface area is 127 Å². The van der Waals surface area contributed by atoms with Crippen LogP contribution in [0.25, 0.3) is 11.0 Å². The number of rotatable bonds is 4. The van der Waals surface area contributed by atoms with E-state index in [-0.39, 0.29) is 17.3 Å². The molecule has 0 saturated carbocycles. The fraction of sp³-hybridized carbons (Fsp3) is 0.111. The topological polar surface area (TPSA) is 56.5 Å². The molecule has 3 rings (SSSR count). The molecule has 0 bridgehead atoms. The molecular weight excluding hydrogens is 280 g/mol. The van der Waals surface area contributed by atoms with Crippen LogP contribution >= 0.6 is 0 Å². The van der Waals surface area contributed by atoms with Gasteiger partial charge in [0, 0.05) is 23.4 Å². The number of fused-ring (bicyclic) bond motifs is 1. The average molecular weight is 294 g/mol. The smallest absolute Gasteiger partial charge is 0.194 e. The summed E-state index contributed by atoms with van der Waals surface area (Å²) in [5, 5.41) is 0.582. The number of ether oxygens (including phenoxy) is 1. The zero-order valence-electron chi connectivity index (χ0n) is 12.3. The second kappa shape index (κ2) is 5.48. The van der Waals surface area contributed by atoms with Crippen molar-refractivity contribution in [3.05, 3.63) is 65.4 Å². The van der Waals surface area contributed by atoms with Gasteiger partial charge >= 0.3 is 0 Å². The van der Waals surface area contributed by atoms with Crippen LogP contribution in [-0.2, 0) is 0 Å². The Kier molecular flexibility index (Phi) is 3.51. The molecule has 0 atom stereocenters. The molecule has 0 fully saturated rings. The number of ketones is 2. The Morgan fingerprint density at radius 1 is 1.05 bits per heavy atom. The highest BCUT2D eigenvalue weighted by molar-refractivity contribution is 6.17. The lowest BCUT2D eigenvalue weighted by molar-refractivity contribution is 0.0988. The minimum absolute atomic E-state index is 0.121. The molecule has 0 spiro atoms. The maximum atomic E-state index is 12.7. The van der Waals surface area contributed by atoms with Crippen molar-refractivity contribution in [1.82, 2.24) is 0 Å². The van der Waals surface area contributed by atoms with E-state index in [4.69, 9.17) is 9.15 Å². The van der Waals surface area contributed by atoms with Gasteiger partial charge in [-0.1, -0.05) is 30.3 Å². The first-order valence-corrected chi connectivity index (χ1v) is 6.83. The van der Waals surface area contributed by atoms with Gasteiger partial charge in [0.1, 0.15) is 0 Å². The molecule has 3 aromatic rings. The number of carbonyl (C=O) groups excluding carboxylic acids is 2. The summed E-state index contributed by atoms with van der Waals surface area (Å²) in [6.07, 6.45) is 0. The van der Waals surface area contributed by atoms with E-state index < -0.39 is 0 Å². The molecule has 1 heterocycles. The number of benzene rings is 2. The molecule has 2 aromatic carbocycles. The molecule has 0 amide bonds. The summed E-state index contributed by atoms with van der Waals surface area (Å²) in [4.78, 5) is 24.2. The predicted octanol–water partition coefficient (Wildman–Crippen LogP) is 3.88. The molecule has 0 unspecified atom stereocenters. The van der Waals surface area contributed by atoms with E-state index in [0.29, 0.717) is 27.8 Å². The second-order valence-electron chi connectivity index (χ2n) is 4.92. The lowest BCUT2D eigenvalue weighted by Crippen LogP contribution is -2.01. The van der Waals surface area contributed by atoms with Crippen LogP contribution in [0.1, 0.15) is 33.4 Å². The summed E-state index contributed by atoms with van der Waals surface area (Å²) in [5.41, 5.74) is 1.48. The van der Waals surface area contributed by atoms with Crippen LogP contribution in [0, 0.1) is 0 Å². The molecule has 0 aliphatic heterocycles. The quantitative estimate of drug-likeness (QED) is 0.685. The van der Waals surface area contributed by atoms with E-state index in [1.165, 1.54) is 14.0 Å². The van der Waals surface area contributed by atoms with Crippen molar-refractivity contribution >= 4 is 22.5 Å². The van der Waals surface area contributed by atoms with Gasteiger partial charge < -0.3 is 9.15 Å². The molecule has 0 aliphatic rings. The van der Waals surface area contributed by atoms with Crippen molar-refractivity contribution in [2.45, 2.75) is 6.92 Å². The van der Waals surface area contributed by atoms with E-state index in [2.05, 4.69) is 0 Å². The minimum Gasteiger partial charge on any atom is -0.493 e. The van der Waals surface area contributed by atoms with Gasteiger partial charge in [-0.3, -0.25) is 9.59 Å². The first-order valence-electron chi connectivity index (χ1n) is 6.83. The fourth-order valence-electron chi connectivity index (χ4n) is 2.38. The van der Waals surface area contributed by atoms with Crippen molar-refractivity contribution < 1.29 is 18.7 Å². The fourth-order valence-corrected chi connectivity index (χ4v) is 2.38. The SMILES string of the molecule is COc1ccc(C(=O)c2ccccc2)c2cc(C(C)=O)oc12. The minimum atomic E-state index is -0.198. The standard InChI is InChI=1S/C18H14O4/c1-11(19)16-10-14-13(8-9-15(21-2)18(14)22-16)17(20)12-6-4-3-5-7-12/h3-10H,1-2H3. The third-order valence-corrected chi connectivity index (χ3v) is 3.49. The number of Topliss-reactive ketones (excluding diaryl/α,β-unsaturated/α-hetero) is 1. The van der Waals surface area contributed by atoms with E-state index in [1.807, 2.05) is 18.2 Å². The Morgan fingerprint density at radius 2 is 1.77 bits per heavy atom. The zero-order chi connectivity index (χ0) is 15.7. The largest absolute Gasteiger partial charge is 0.493 e. The molecule has 0 radical (unpaired) electrons. The molecule has 110 valence electrons. The Balaban J connectivity index is 2.22. The maximum Gasteiger partial charge on any atom is 0.194 e. The Morgan fingerprint density at radius 3 is 2.41 bits per heavy atom. The first-order chi connectivity index (χ1) is 10.6. The van der Waals surface area contributed by atoms with Crippen molar-refractivity contribution in [2.24, 2.45) is 0 Å². The highest BCUT2D eigenvalue weighted by Gasteiger charge is 2.19. The zero-order valence-corrected chi connectivity index (χ0v) is 12.3. The lowest BCUT2D eigenvalue weighted by Gasteiger charge is -2.05. The van der Waals surface area contributed by atoms with Gasteiger partial charge in [0.15, 0.2) is 28.7 Å². The average Bonchev–Trinajstić information content (AvgIpc) is 2.99. The van der Waals surface area contributed by atoms with Crippen molar-refractivity contribution in [1.29, 1.82) is 0 Å². The van der Waals surface area contributed by atoms with E-state index in [9.17, 15) is 9.59 Å². The summed E-state index contributed by atoms with van der Waals surface area (Å²) in [6.45, 7) is 1.42. The van der Waals surface area contributed by atoms with E-state index in [0.717, 1.165) is 0 Å². The third kappa shape index (κ3) is 2.29. The van der Waals surface area contributed by atoms with Crippen LogP contribution in [0.2, 0.25) is 0 Å². The molecule has 22 heavy (non-hydrogen) atoms. The number of carbonyl (C=O) groups is 2. The van der Waals surface area contributed by atoms with Gasteiger partial charge in [0.25, 0.3) is 0 Å². The molecule has 0 N–H and O–H groups in total. The first kappa shape index (κ1) is 14.1. The Bertz CT molecular complexity index is 859. The van der Waals surface area contributed by atoms with Crippen LogP contribution in [0.15, 0.2) is 52.9 Å². The summed E-state index contributed by atoms with van der Waals surface area (Å²) >= 11 is 0. The van der Waals surface area contributed by atoms with Crippen molar-refractivity contribution in [3.63, 3.8) is 0 Å². The molecule has 4 nitrogen and oxygen atoms in total. The highest BCUT2D eigenvalue weighted by Crippen LogP contribution is 2.32. The van der Waals surface area contributed by atoms with Crippen LogP contribution < -0.4 is 4.74 Å². The monoisotopic (exact) mass is 294 g/mol. The third-order valence-electron chi connectivity index (χ3n) is 3.49. The molecule has 4 heteroatoms. The highest BCUT2D eigenvalue weighted by atomic mass is 16.5. The number of furan rings is 1. The van der Waals surface area contributed by atoms with Gasteiger partial charge in [0.05, 0.1) is 7.11 Å². The molecular formula is C18H14O4. The van der Waals surface area contributed by atoms with Gasteiger partial charge in [-0.15, -0.1) is 0 Å². The summed E-state index contributed by atoms with van der Waals surface area (Å²) in [6, 6.07) is 13.9. The van der Waals surface area contributed by atoms with Crippen LogP contribution in [-0.4, -0.2) is 18.7 Å². The van der Waals surface area contributed by atoms with Gasteiger partial charge in [-0.05, 0) is 18.2 Å². The summed E-state index contributed by atoms with van der Waals surface area (Å²) < 4.78 is 10.8. The van der Waals surface area contributed by atoms with E-state index in [1.54, 1.807) is 30.3 Å². The predicted molar refractivity (Wildman–Crippen MR) is 82.6 cm³/mol. The number of hydrogen-bond donors (Lipinski definition) is 0.